The Hall–Kier alpha value is -2.31. The number of halogens is 2. The number of benzene rings is 2. The van der Waals surface area contributed by atoms with Crippen molar-refractivity contribution < 1.29 is 13.9 Å². The second-order valence-corrected chi connectivity index (χ2v) is 6.50. The number of nitrogens with one attached hydrogen (secondary N) is 3. The molecule has 3 N–H and O–H groups in total. The molecular formula is C20H25ClFN3O2. The Balaban J connectivity index is 2.01. The Morgan fingerprint density at radius 2 is 1.96 bits per heavy atom. The molecule has 2 aromatic carbocycles. The second kappa shape index (κ2) is 10.7. The number of ether oxygens (including phenoxy) is 1. The van der Waals surface area contributed by atoms with Gasteiger partial charge in [-0.25, -0.2) is 9.18 Å². The fraction of sp³-hybridized carbons (Fsp3) is 0.350. The van der Waals surface area contributed by atoms with Gasteiger partial charge in [-0.3, -0.25) is 0 Å². The third-order valence-electron chi connectivity index (χ3n) is 4.18. The van der Waals surface area contributed by atoms with Gasteiger partial charge < -0.3 is 20.7 Å². The molecule has 0 aromatic heterocycles. The van der Waals surface area contributed by atoms with Crippen LogP contribution in [0.2, 0.25) is 5.02 Å². The highest BCUT2D eigenvalue weighted by molar-refractivity contribution is 6.30. The van der Waals surface area contributed by atoms with Gasteiger partial charge in [-0.2, -0.15) is 0 Å². The Morgan fingerprint density at radius 3 is 2.59 bits per heavy atom. The van der Waals surface area contributed by atoms with Crippen LogP contribution >= 0.6 is 11.6 Å². The van der Waals surface area contributed by atoms with E-state index in [4.69, 9.17) is 16.3 Å². The van der Waals surface area contributed by atoms with E-state index in [0.29, 0.717) is 35.0 Å². The smallest absolute Gasteiger partial charge is 0.319 e. The van der Waals surface area contributed by atoms with E-state index in [2.05, 4.69) is 16.0 Å². The van der Waals surface area contributed by atoms with Crippen LogP contribution in [0.4, 0.5) is 14.9 Å². The Bertz CT molecular complexity index is 741. The minimum atomic E-state index is -0.348. The molecule has 0 spiro atoms. The average Bonchev–Trinajstić information content (AvgIpc) is 2.66. The van der Waals surface area contributed by atoms with Gasteiger partial charge in [-0.05, 0) is 55.4 Å². The van der Waals surface area contributed by atoms with E-state index in [0.717, 1.165) is 13.1 Å². The molecule has 1 unspecified atom stereocenters. The van der Waals surface area contributed by atoms with Crippen molar-refractivity contribution >= 4 is 23.3 Å². The summed E-state index contributed by atoms with van der Waals surface area (Å²) in [6, 6.07) is 11.3. The summed E-state index contributed by atoms with van der Waals surface area (Å²) in [5.41, 5.74) is 1.19. The number of hydrogen-bond donors (Lipinski definition) is 3. The van der Waals surface area contributed by atoms with E-state index in [1.807, 2.05) is 6.92 Å². The van der Waals surface area contributed by atoms with Gasteiger partial charge >= 0.3 is 6.03 Å². The van der Waals surface area contributed by atoms with Crippen LogP contribution in [-0.2, 0) is 0 Å². The standard InChI is InChI=1S/C20H25ClFN3O2/c1-3-23-11-10-14(18-9-8-17(27-2)12-19(18)22)13-24-20(26)25-16-6-4-15(21)5-7-16/h4-9,12,14,23H,3,10-11,13H2,1-2H3,(H2,24,25,26). The zero-order valence-electron chi connectivity index (χ0n) is 15.5. The maximum absolute atomic E-state index is 14.5. The second-order valence-electron chi connectivity index (χ2n) is 6.07. The molecule has 2 amide bonds. The van der Waals surface area contributed by atoms with Crippen LogP contribution < -0.4 is 20.7 Å². The summed E-state index contributed by atoms with van der Waals surface area (Å²) < 4.78 is 19.5. The fourth-order valence-electron chi connectivity index (χ4n) is 2.71. The van der Waals surface area contributed by atoms with Gasteiger partial charge in [0.15, 0.2) is 0 Å². The molecule has 0 radical (unpaired) electrons. The first kappa shape index (κ1) is 21.0. The van der Waals surface area contributed by atoms with E-state index in [1.165, 1.54) is 13.2 Å². The maximum Gasteiger partial charge on any atom is 0.319 e. The molecule has 27 heavy (non-hydrogen) atoms. The molecule has 7 heteroatoms. The van der Waals surface area contributed by atoms with Gasteiger partial charge in [0, 0.05) is 29.2 Å². The number of anilines is 1. The summed E-state index contributed by atoms with van der Waals surface area (Å²) in [5, 5.41) is 9.39. The number of carbonyl (C=O) groups is 1. The summed E-state index contributed by atoms with van der Waals surface area (Å²) in [5.74, 6) is -0.0307. The molecular weight excluding hydrogens is 369 g/mol. The van der Waals surface area contributed by atoms with Crippen LogP contribution in [0.3, 0.4) is 0 Å². The lowest BCUT2D eigenvalue weighted by Crippen LogP contribution is -2.33. The first-order chi connectivity index (χ1) is 13.0. The van der Waals surface area contributed by atoms with E-state index in [-0.39, 0.29) is 17.8 Å². The van der Waals surface area contributed by atoms with E-state index in [1.54, 1.807) is 36.4 Å². The third kappa shape index (κ3) is 6.73. The molecule has 0 aliphatic carbocycles. The summed E-state index contributed by atoms with van der Waals surface area (Å²) in [6.07, 6.45) is 0.693. The molecule has 2 aromatic rings. The number of urea groups is 1. The first-order valence-corrected chi connectivity index (χ1v) is 9.25. The van der Waals surface area contributed by atoms with Gasteiger partial charge in [-0.15, -0.1) is 0 Å². The minimum absolute atomic E-state index is 0.161. The van der Waals surface area contributed by atoms with Gasteiger partial charge in [0.25, 0.3) is 0 Å². The predicted molar refractivity (Wildman–Crippen MR) is 107 cm³/mol. The SMILES string of the molecule is CCNCCC(CNC(=O)Nc1ccc(Cl)cc1)c1ccc(OC)cc1F. The molecule has 0 fully saturated rings. The molecule has 0 heterocycles. The van der Waals surface area contributed by atoms with Crippen LogP contribution in [0.1, 0.15) is 24.8 Å². The zero-order valence-corrected chi connectivity index (χ0v) is 16.3. The molecule has 146 valence electrons. The number of hydrogen-bond acceptors (Lipinski definition) is 3. The van der Waals surface area contributed by atoms with Crippen LogP contribution in [0.25, 0.3) is 0 Å². The monoisotopic (exact) mass is 393 g/mol. The normalized spacial score (nSPS) is 11.7. The third-order valence-corrected chi connectivity index (χ3v) is 4.43. The number of rotatable bonds is 9. The summed E-state index contributed by atoms with van der Waals surface area (Å²) in [7, 11) is 1.50. The Morgan fingerprint density at radius 1 is 1.22 bits per heavy atom. The zero-order chi connectivity index (χ0) is 19.6. The fourth-order valence-corrected chi connectivity index (χ4v) is 2.84. The van der Waals surface area contributed by atoms with Gasteiger partial charge in [0.1, 0.15) is 11.6 Å². The van der Waals surface area contributed by atoms with Gasteiger partial charge in [0.05, 0.1) is 7.11 Å². The molecule has 0 saturated heterocycles. The topological polar surface area (TPSA) is 62.4 Å². The summed E-state index contributed by atoms with van der Waals surface area (Å²) >= 11 is 5.84. The lowest BCUT2D eigenvalue weighted by Gasteiger charge is -2.20. The van der Waals surface area contributed by atoms with E-state index >= 15 is 0 Å². The van der Waals surface area contributed by atoms with Crippen molar-refractivity contribution in [3.8, 4) is 5.75 Å². The van der Waals surface area contributed by atoms with Gasteiger partial charge in [0.2, 0.25) is 0 Å². The lowest BCUT2D eigenvalue weighted by molar-refractivity contribution is 0.251. The van der Waals surface area contributed by atoms with Crippen molar-refractivity contribution in [3.63, 3.8) is 0 Å². The Labute approximate surface area is 164 Å². The molecule has 5 nitrogen and oxygen atoms in total. The minimum Gasteiger partial charge on any atom is -0.497 e. The average molecular weight is 394 g/mol. The highest BCUT2D eigenvalue weighted by Gasteiger charge is 2.17. The first-order valence-electron chi connectivity index (χ1n) is 8.88. The number of carbonyl (C=O) groups excluding carboxylic acids is 1. The van der Waals surface area contributed by atoms with E-state index in [9.17, 15) is 9.18 Å². The van der Waals surface area contributed by atoms with Crippen molar-refractivity contribution in [2.45, 2.75) is 19.3 Å². The van der Waals surface area contributed by atoms with Crippen LogP contribution in [0.5, 0.6) is 5.75 Å². The van der Waals surface area contributed by atoms with Crippen molar-refractivity contribution in [3.05, 3.63) is 58.9 Å². The summed E-state index contributed by atoms with van der Waals surface area (Å²) in [4.78, 5) is 12.2. The predicted octanol–water partition coefficient (Wildman–Crippen LogP) is 4.39. The van der Waals surface area contributed by atoms with Gasteiger partial charge in [-0.1, -0.05) is 24.6 Å². The van der Waals surface area contributed by atoms with Crippen molar-refractivity contribution in [1.82, 2.24) is 10.6 Å². The molecule has 0 saturated carbocycles. The highest BCUT2D eigenvalue weighted by Crippen LogP contribution is 2.25. The number of amides is 2. The van der Waals surface area contributed by atoms with Crippen LogP contribution in [-0.4, -0.2) is 32.8 Å². The van der Waals surface area contributed by atoms with Crippen LogP contribution in [0, 0.1) is 5.82 Å². The van der Waals surface area contributed by atoms with Crippen molar-refractivity contribution in [1.29, 1.82) is 0 Å². The van der Waals surface area contributed by atoms with Crippen molar-refractivity contribution in [2.24, 2.45) is 0 Å². The summed E-state index contributed by atoms with van der Waals surface area (Å²) in [6.45, 7) is 3.89. The molecule has 2 rings (SSSR count). The largest absolute Gasteiger partial charge is 0.497 e. The van der Waals surface area contributed by atoms with Crippen LogP contribution in [0.15, 0.2) is 42.5 Å². The lowest BCUT2D eigenvalue weighted by atomic mass is 9.95. The molecule has 0 aliphatic rings. The molecule has 0 bridgehead atoms. The molecule has 1 atom stereocenters. The Kier molecular flexibility index (Phi) is 8.36. The molecule has 0 aliphatic heterocycles. The maximum atomic E-state index is 14.5. The number of methoxy groups -OCH3 is 1. The van der Waals surface area contributed by atoms with E-state index < -0.39 is 0 Å². The highest BCUT2D eigenvalue weighted by atomic mass is 35.5. The van der Waals surface area contributed by atoms with Crippen molar-refractivity contribution in [2.75, 3.05) is 32.1 Å². The quantitative estimate of drug-likeness (QED) is 0.553.